The third-order valence-corrected chi connectivity index (χ3v) is 6.12. The highest BCUT2D eigenvalue weighted by Crippen LogP contribution is 2.29. The van der Waals surface area contributed by atoms with Crippen molar-refractivity contribution in [1.29, 1.82) is 0 Å². The molecule has 3 rings (SSSR count). The lowest BCUT2D eigenvalue weighted by atomic mass is 9.86. The highest BCUT2D eigenvalue weighted by molar-refractivity contribution is 6.31. The summed E-state index contributed by atoms with van der Waals surface area (Å²) < 4.78 is 2.12. The van der Waals surface area contributed by atoms with Gasteiger partial charge in [-0.3, -0.25) is 9.59 Å². The normalized spacial score (nSPS) is 15.7. The Balaban J connectivity index is 2.07. The zero-order valence-electron chi connectivity index (χ0n) is 19.2. The number of hydrogen-bond acceptors (Lipinski definition) is 4. The number of amides is 2. The van der Waals surface area contributed by atoms with Crippen molar-refractivity contribution in [1.82, 2.24) is 25.1 Å². The third kappa shape index (κ3) is 4.93. The van der Waals surface area contributed by atoms with Crippen LogP contribution in [0.25, 0.3) is 11.4 Å². The van der Waals surface area contributed by atoms with Crippen LogP contribution in [0.5, 0.6) is 0 Å². The molecule has 8 heteroatoms. The maximum Gasteiger partial charge on any atom is 0.272 e. The van der Waals surface area contributed by atoms with E-state index >= 15 is 0 Å². The van der Waals surface area contributed by atoms with Gasteiger partial charge >= 0.3 is 0 Å². The number of nitrogens with one attached hydrogen (secondary N) is 2. The van der Waals surface area contributed by atoms with Crippen LogP contribution in [0.2, 0.25) is 5.02 Å². The molecular weight excluding hydrogens is 414 g/mol. The molecule has 2 amide bonds. The van der Waals surface area contributed by atoms with Crippen molar-refractivity contribution in [3.63, 3.8) is 0 Å². The van der Waals surface area contributed by atoms with Gasteiger partial charge in [0.25, 0.3) is 5.91 Å². The number of likely N-dealkylation sites (N-methyl/N-ethyl adjacent to an activating group) is 1. The Labute approximate surface area is 189 Å². The van der Waals surface area contributed by atoms with Gasteiger partial charge in [0.05, 0.1) is 5.69 Å². The van der Waals surface area contributed by atoms with E-state index in [2.05, 4.69) is 20.1 Å². The second-order valence-corrected chi connectivity index (χ2v) is 9.73. The summed E-state index contributed by atoms with van der Waals surface area (Å²) in [5.41, 5.74) is 2.63. The largest absolute Gasteiger partial charge is 0.357 e. The first-order chi connectivity index (χ1) is 14.5. The number of rotatable bonds is 4. The van der Waals surface area contributed by atoms with Gasteiger partial charge in [-0.1, -0.05) is 44.5 Å². The molecule has 2 N–H and O–H groups in total. The van der Waals surface area contributed by atoms with Crippen LogP contribution < -0.4 is 10.6 Å². The number of aryl methyl sites for hydroxylation is 1. The number of nitrogens with zero attached hydrogens (tertiary/aromatic N) is 3. The lowest BCUT2D eigenvalue weighted by Gasteiger charge is -2.29. The summed E-state index contributed by atoms with van der Waals surface area (Å²) in [6.45, 7) is 10.0. The highest BCUT2D eigenvalue weighted by Gasteiger charge is 2.34. The number of carbonyl (C=O) groups is 2. The maximum atomic E-state index is 13.4. The molecule has 0 spiro atoms. The van der Waals surface area contributed by atoms with Crippen molar-refractivity contribution < 1.29 is 9.59 Å². The maximum absolute atomic E-state index is 13.4. The first-order valence-electron chi connectivity index (χ1n) is 10.6. The van der Waals surface area contributed by atoms with E-state index in [1.807, 2.05) is 52.9 Å². The van der Waals surface area contributed by atoms with Gasteiger partial charge in [-0.05, 0) is 44.0 Å². The molecule has 1 aromatic carbocycles. The molecule has 7 nitrogen and oxygen atoms in total. The summed E-state index contributed by atoms with van der Waals surface area (Å²) in [5, 5.41) is 6.24. The zero-order valence-corrected chi connectivity index (χ0v) is 19.9. The first kappa shape index (κ1) is 23.3. The molecule has 1 aliphatic rings. The fourth-order valence-electron chi connectivity index (χ4n) is 3.87. The molecule has 2 heterocycles. The van der Waals surface area contributed by atoms with E-state index in [0.717, 1.165) is 42.2 Å². The van der Waals surface area contributed by atoms with E-state index in [0.29, 0.717) is 17.3 Å². The minimum absolute atomic E-state index is 0.228. The lowest BCUT2D eigenvalue weighted by molar-refractivity contribution is -0.124. The van der Waals surface area contributed by atoms with Gasteiger partial charge in [-0.2, -0.15) is 0 Å². The predicted molar refractivity (Wildman–Crippen MR) is 123 cm³/mol. The first-order valence-corrected chi connectivity index (χ1v) is 11.0. The minimum Gasteiger partial charge on any atom is -0.357 e. The van der Waals surface area contributed by atoms with Gasteiger partial charge < -0.3 is 20.1 Å². The molecule has 0 saturated carbocycles. The Hall–Kier alpha value is -2.38. The van der Waals surface area contributed by atoms with Crippen molar-refractivity contribution in [2.75, 3.05) is 20.6 Å². The molecule has 0 radical (unpaired) electrons. The topological polar surface area (TPSA) is 79.3 Å². The number of fused-ring (bicyclic) bond motifs is 1. The van der Waals surface area contributed by atoms with E-state index in [4.69, 9.17) is 16.6 Å². The molecule has 168 valence electrons. The molecule has 0 aliphatic carbocycles. The third-order valence-electron chi connectivity index (χ3n) is 5.71. The second-order valence-electron chi connectivity index (χ2n) is 9.32. The molecule has 0 bridgehead atoms. The van der Waals surface area contributed by atoms with Crippen molar-refractivity contribution in [2.24, 2.45) is 5.41 Å². The van der Waals surface area contributed by atoms with Crippen LogP contribution in [0.1, 0.15) is 48.9 Å². The molecular formula is C23H32ClN5O2. The smallest absolute Gasteiger partial charge is 0.272 e. The van der Waals surface area contributed by atoms with E-state index in [1.165, 1.54) is 0 Å². The molecule has 0 unspecified atom stereocenters. The zero-order chi connectivity index (χ0) is 22.9. The molecule has 31 heavy (non-hydrogen) atoms. The molecule has 0 saturated heterocycles. The van der Waals surface area contributed by atoms with E-state index in [1.54, 1.807) is 7.05 Å². The van der Waals surface area contributed by atoms with Crippen LogP contribution in [-0.2, 0) is 17.9 Å². The van der Waals surface area contributed by atoms with Gasteiger partial charge in [-0.15, -0.1) is 0 Å². The number of carbonyl (C=O) groups excluding carboxylic acids is 2. The van der Waals surface area contributed by atoms with Gasteiger partial charge in [0, 0.05) is 30.7 Å². The molecule has 1 aromatic heterocycles. The average molecular weight is 446 g/mol. The Morgan fingerprint density at radius 2 is 1.94 bits per heavy atom. The van der Waals surface area contributed by atoms with Gasteiger partial charge in [0.2, 0.25) is 5.91 Å². The van der Waals surface area contributed by atoms with E-state index in [9.17, 15) is 9.59 Å². The second kappa shape index (κ2) is 9.01. The molecule has 0 fully saturated rings. The van der Waals surface area contributed by atoms with Crippen molar-refractivity contribution >= 4 is 23.4 Å². The van der Waals surface area contributed by atoms with Crippen LogP contribution in [0, 0.1) is 12.3 Å². The van der Waals surface area contributed by atoms with E-state index < -0.39 is 11.5 Å². The van der Waals surface area contributed by atoms with Crippen LogP contribution in [0.15, 0.2) is 18.2 Å². The Morgan fingerprint density at radius 3 is 2.55 bits per heavy atom. The van der Waals surface area contributed by atoms with Crippen LogP contribution in [0.4, 0.5) is 0 Å². The number of hydrogen-bond donors (Lipinski definition) is 2. The number of imidazole rings is 1. The standard InChI is InChI=1S/C23H32ClN5O2/c1-14-8-9-15(12-16(14)24)20-26-18(17-13-28(6)10-7-11-29(17)20)21(30)27-19(22(31)25-5)23(2,3)4/h8-9,12,19H,7,10-11,13H2,1-6H3,(H,25,31)(H,27,30)/t19-/m1/s1. The highest BCUT2D eigenvalue weighted by atomic mass is 35.5. The summed E-state index contributed by atoms with van der Waals surface area (Å²) in [4.78, 5) is 32.8. The number of aromatic nitrogens is 2. The van der Waals surface area contributed by atoms with Crippen molar-refractivity contribution in [3.05, 3.63) is 40.2 Å². The fraction of sp³-hybridized carbons (Fsp3) is 0.522. The van der Waals surface area contributed by atoms with Crippen LogP contribution in [0.3, 0.4) is 0 Å². The predicted octanol–water partition coefficient (Wildman–Crippen LogP) is 3.24. The number of halogens is 1. The monoisotopic (exact) mass is 445 g/mol. The minimum atomic E-state index is -0.678. The Morgan fingerprint density at radius 1 is 1.23 bits per heavy atom. The fourth-order valence-corrected chi connectivity index (χ4v) is 4.05. The Bertz CT molecular complexity index is 993. The van der Waals surface area contributed by atoms with Gasteiger partial charge in [0.15, 0.2) is 5.69 Å². The molecule has 1 aliphatic heterocycles. The van der Waals surface area contributed by atoms with Gasteiger partial charge in [-0.25, -0.2) is 4.98 Å². The van der Waals surface area contributed by atoms with Crippen LogP contribution >= 0.6 is 11.6 Å². The van der Waals surface area contributed by atoms with E-state index in [-0.39, 0.29) is 11.8 Å². The summed E-state index contributed by atoms with van der Waals surface area (Å²) in [5.74, 6) is 0.158. The number of benzene rings is 1. The quantitative estimate of drug-likeness (QED) is 0.757. The van der Waals surface area contributed by atoms with Crippen molar-refractivity contribution in [3.8, 4) is 11.4 Å². The van der Waals surface area contributed by atoms with Crippen LogP contribution in [-0.4, -0.2) is 52.9 Å². The molecule has 1 atom stereocenters. The Kier molecular flexibility index (Phi) is 6.76. The summed E-state index contributed by atoms with van der Waals surface area (Å²) >= 11 is 6.37. The average Bonchev–Trinajstić information content (AvgIpc) is 2.93. The SMILES string of the molecule is CNC(=O)[C@@H](NC(=O)c1nc(-c2ccc(C)c(Cl)c2)n2c1CN(C)CCC2)C(C)(C)C. The summed E-state index contributed by atoms with van der Waals surface area (Å²) in [6, 6.07) is 5.16. The summed E-state index contributed by atoms with van der Waals surface area (Å²) in [7, 11) is 3.61. The lowest BCUT2D eigenvalue weighted by Crippen LogP contribution is -2.53. The van der Waals surface area contributed by atoms with Gasteiger partial charge in [0.1, 0.15) is 11.9 Å². The molecule has 2 aromatic rings. The summed E-state index contributed by atoms with van der Waals surface area (Å²) in [6.07, 6.45) is 0.955. The van der Waals surface area contributed by atoms with Crippen molar-refractivity contribution in [2.45, 2.75) is 53.2 Å².